The first-order valence-corrected chi connectivity index (χ1v) is 3.53. The fourth-order valence-corrected chi connectivity index (χ4v) is 0.966. The molecule has 8 heavy (non-hydrogen) atoms. The molecule has 0 atom stereocenters. The van der Waals surface area contributed by atoms with Crippen molar-refractivity contribution in [2.45, 2.75) is 0 Å². The molecule has 42 valence electrons. The number of rotatable bonds is 1. The van der Waals surface area contributed by atoms with Crippen LogP contribution >= 0.6 is 11.8 Å². The van der Waals surface area contributed by atoms with Crippen molar-refractivity contribution in [2.24, 2.45) is 0 Å². The van der Waals surface area contributed by atoms with Crippen LogP contribution < -0.4 is 0 Å². The molecular formula is C6H6OS. The number of thioether (sulfide) groups is 1. The Morgan fingerprint density at radius 3 is 2.50 bits per heavy atom. The summed E-state index contributed by atoms with van der Waals surface area (Å²) < 4.78 is 0. The van der Waals surface area contributed by atoms with Crippen LogP contribution in [0.1, 0.15) is 0 Å². The zero-order chi connectivity index (χ0) is 5.98. The number of allylic oxidation sites excluding steroid dienone is 3. The minimum absolute atomic E-state index is 0.106. The largest absolute Gasteiger partial charge is 0.290 e. The second kappa shape index (κ2) is 2.18. The van der Waals surface area contributed by atoms with Crippen LogP contribution in [0.2, 0.25) is 0 Å². The lowest BCUT2D eigenvalue weighted by Crippen LogP contribution is -1.76. The molecule has 0 bridgehead atoms. The van der Waals surface area contributed by atoms with E-state index in [1.807, 2.05) is 12.3 Å². The van der Waals surface area contributed by atoms with Crippen molar-refractivity contribution in [1.29, 1.82) is 0 Å². The molecule has 1 rings (SSSR count). The lowest BCUT2D eigenvalue weighted by Gasteiger charge is -1.83. The number of hydrogen-bond acceptors (Lipinski definition) is 2. The first-order valence-electron chi connectivity index (χ1n) is 2.30. The van der Waals surface area contributed by atoms with E-state index in [-0.39, 0.29) is 5.78 Å². The van der Waals surface area contributed by atoms with Gasteiger partial charge in [0.05, 0.1) is 0 Å². The molecular weight excluding hydrogens is 120 g/mol. The van der Waals surface area contributed by atoms with Gasteiger partial charge in [0, 0.05) is 4.91 Å². The SMILES string of the molecule is CSC1=CC(=O)C=C1. The average Bonchev–Trinajstić information content (AvgIpc) is 2.14. The highest BCUT2D eigenvalue weighted by atomic mass is 32.2. The third-order valence-corrected chi connectivity index (χ3v) is 1.66. The summed E-state index contributed by atoms with van der Waals surface area (Å²) >= 11 is 1.59. The van der Waals surface area contributed by atoms with E-state index in [1.165, 1.54) is 0 Å². The van der Waals surface area contributed by atoms with E-state index >= 15 is 0 Å². The van der Waals surface area contributed by atoms with Gasteiger partial charge in [0.25, 0.3) is 0 Å². The fourth-order valence-electron chi connectivity index (χ4n) is 0.528. The Morgan fingerprint density at radius 2 is 2.25 bits per heavy atom. The lowest BCUT2D eigenvalue weighted by atomic mass is 10.5. The molecule has 0 radical (unpaired) electrons. The van der Waals surface area contributed by atoms with E-state index in [0.29, 0.717) is 0 Å². The van der Waals surface area contributed by atoms with E-state index < -0.39 is 0 Å². The minimum atomic E-state index is 0.106. The summed E-state index contributed by atoms with van der Waals surface area (Å²) in [6.07, 6.45) is 6.98. The van der Waals surface area contributed by atoms with Gasteiger partial charge in [0.1, 0.15) is 0 Å². The Bertz CT molecular complexity index is 167. The van der Waals surface area contributed by atoms with E-state index in [1.54, 1.807) is 23.9 Å². The lowest BCUT2D eigenvalue weighted by molar-refractivity contribution is -0.110. The van der Waals surface area contributed by atoms with Crippen molar-refractivity contribution in [3.8, 4) is 0 Å². The highest BCUT2D eigenvalue weighted by Gasteiger charge is 2.00. The van der Waals surface area contributed by atoms with Crippen molar-refractivity contribution in [1.82, 2.24) is 0 Å². The summed E-state index contributed by atoms with van der Waals surface area (Å²) in [5.74, 6) is 0.106. The highest BCUT2D eigenvalue weighted by Crippen LogP contribution is 2.16. The summed E-state index contributed by atoms with van der Waals surface area (Å²) in [6, 6.07) is 0. The Balaban J connectivity index is 2.72. The Labute approximate surface area is 52.5 Å². The van der Waals surface area contributed by atoms with Gasteiger partial charge in [-0.3, -0.25) is 4.79 Å². The van der Waals surface area contributed by atoms with Gasteiger partial charge in [0.15, 0.2) is 5.78 Å². The monoisotopic (exact) mass is 126 g/mol. The molecule has 1 nitrogen and oxygen atoms in total. The number of carbonyl (C=O) groups excluding carboxylic acids is 1. The predicted octanol–water partition coefficient (Wildman–Crippen LogP) is 1.37. The maximum Gasteiger partial charge on any atom is 0.179 e. The summed E-state index contributed by atoms with van der Waals surface area (Å²) in [7, 11) is 0. The molecule has 0 aromatic heterocycles. The molecule has 1 aliphatic rings. The first-order chi connectivity index (χ1) is 3.83. The first kappa shape index (κ1) is 5.63. The molecule has 1 aliphatic carbocycles. The summed E-state index contributed by atoms with van der Waals surface area (Å²) in [5, 5.41) is 0. The third kappa shape index (κ3) is 1.01. The third-order valence-electron chi connectivity index (χ3n) is 0.932. The van der Waals surface area contributed by atoms with Crippen LogP contribution in [0.25, 0.3) is 0 Å². The topological polar surface area (TPSA) is 17.1 Å². The van der Waals surface area contributed by atoms with Crippen LogP contribution in [0.5, 0.6) is 0 Å². The molecule has 0 saturated carbocycles. The fraction of sp³-hybridized carbons (Fsp3) is 0.167. The average molecular weight is 126 g/mol. The molecule has 0 unspecified atom stereocenters. The van der Waals surface area contributed by atoms with Gasteiger partial charge >= 0.3 is 0 Å². The molecule has 0 aromatic rings. The van der Waals surface area contributed by atoms with Gasteiger partial charge in [-0.1, -0.05) is 0 Å². The van der Waals surface area contributed by atoms with Crippen molar-refractivity contribution in [3.05, 3.63) is 23.1 Å². The van der Waals surface area contributed by atoms with E-state index in [9.17, 15) is 4.79 Å². The van der Waals surface area contributed by atoms with Crippen LogP contribution in [0.4, 0.5) is 0 Å². The summed E-state index contributed by atoms with van der Waals surface area (Å²) in [5.41, 5.74) is 0. The predicted molar refractivity (Wildman–Crippen MR) is 35.7 cm³/mol. The van der Waals surface area contributed by atoms with Crippen LogP contribution in [-0.2, 0) is 4.79 Å². The maximum atomic E-state index is 10.4. The van der Waals surface area contributed by atoms with Crippen molar-refractivity contribution < 1.29 is 4.79 Å². The standard InChI is InChI=1S/C6H6OS/c1-8-6-3-2-5(7)4-6/h2-4H,1H3. The maximum absolute atomic E-state index is 10.4. The molecule has 0 aromatic carbocycles. The van der Waals surface area contributed by atoms with E-state index in [2.05, 4.69) is 0 Å². The number of ketones is 1. The van der Waals surface area contributed by atoms with E-state index in [0.717, 1.165) is 4.91 Å². The molecule has 0 fully saturated rings. The molecule has 0 N–H and O–H groups in total. The van der Waals surface area contributed by atoms with Crippen LogP contribution in [0, 0.1) is 0 Å². The van der Waals surface area contributed by atoms with Crippen molar-refractivity contribution in [2.75, 3.05) is 6.26 Å². The molecule has 0 saturated heterocycles. The molecule has 0 aliphatic heterocycles. The van der Waals surface area contributed by atoms with Crippen LogP contribution in [-0.4, -0.2) is 12.0 Å². The smallest absolute Gasteiger partial charge is 0.179 e. The minimum Gasteiger partial charge on any atom is -0.290 e. The van der Waals surface area contributed by atoms with Crippen LogP contribution in [0.3, 0.4) is 0 Å². The summed E-state index contributed by atoms with van der Waals surface area (Å²) in [6.45, 7) is 0. The van der Waals surface area contributed by atoms with Gasteiger partial charge in [-0.15, -0.1) is 11.8 Å². The van der Waals surface area contributed by atoms with Crippen molar-refractivity contribution >= 4 is 17.5 Å². The van der Waals surface area contributed by atoms with Crippen LogP contribution in [0.15, 0.2) is 23.1 Å². The molecule has 2 heteroatoms. The molecule has 0 amide bonds. The number of carbonyl (C=O) groups is 1. The second-order valence-electron chi connectivity index (χ2n) is 1.49. The zero-order valence-corrected chi connectivity index (χ0v) is 5.37. The van der Waals surface area contributed by atoms with E-state index in [4.69, 9.17) is 0 Å². The summed E-state index contributed by atoms with van der Waals surface area (Å²) in [4.78, 5) is 11.5. The van der Waals surface area contributed by atoms with Gasteiger partial charge in [0.2, 0.25) is 0 Å². The Kier molecular flexibility index (Phi) is 1.53. The Hall–Kier alpha value is -0.500. The van der Waals surface area contributed by atoms with Crippen molar-refractivity contribution in [3.63, 3.8) is 0 Å². The van der Waals surface area contributed by atoms with Gasteiger partial charge in [-0.2, -0.15) is 0 Å². The number of hydrogen-bond donors (Lipinski definition) is 0. The molecule has 0 spiro atoms. The second-order valence-corrected chi connectivity index (χ2v) is 2.37. The quantitative estimate of drug-likeness (QED) is 0.528. The normalized spacial score (nSPS) is 17.1. The Morgan fingerprint density at radius 1 is 1.50 bits per heavy atom. The zero-order valence-electron chi connectivity index (χ0n) is 4.55. The van der Waals surface area contributed by atoms with Gasteiger partial charge in [-0.25, -0.2) is 0 Å². The van der Waals surface area contributed by atoms with Gasteiger partial charge < -0.3 is 0 Å². The van der Waals surface area contributed by atoms with Gasteiger partial charge in [-0.05, 0) is 24.5 Å². The highest BCUT2D eigenvalue weighted by molar-refractivity contribution is 8.02. The molecule has 0 heterocycles.